The number of aromatic amines is 2. The van der Waals surface area contributed by atoms with Gasteiger partial charge in [-0.15, -0.1) is 0 Å². The van der Waals surface area contributed by atoms with Crippen molar-refractivity contribution in [2.75, 3.05) is 0 Å². The van der Waals surface area contributed by atoms with Crippen LogP contribution in [0.2, 0.25) is 0 Å². The number of nitrogens with zero attached hydrogens (tertiary/aromatic N) is 2. The first kappa shape index (κ1) is 15.7. The molecule has 0 atom stereocenters. The number of fused-ring (bicyclic) bond motifs is 2. The van der Waals surface area contributed by atoms with Gasteiger partial charge in [0.25, 0.3) is 0 Å². The van der Waals surface area contributed by atoms with Crippen LogP contribution in [0.15, 0.2) is 36.4 Å². The molecule has 2 heterocycles. The van der Waals surface area contributed by atoms with Crippen LogP contribution in [-0.2, 0) is 0 Å². The van der Waals surface area contributed by atoms with E-state index in [0.29, 0.717) is 11.8 Å². The summed E-state index contributed by atoms with van der Waals surface area (Å²) in [6.45, 7) is 8.50. The van der Waals surface area contributed by atoms with E-state index in [0.717, 1.165) is 45.2 Å². The monoisotopic (exact) mass is 334 g/mol. The molecular weight excluding hydrogens is 312 g/mol. The molecular formula is C20H22N4O. The van der Waals surface area contributed by atoms with Gasteiger partial charge in [-0.25, -0.2) is 9.97 Å². The van der Waals surface area contributed by atoms with Crippen LogP contribution in [0.4, 0.5) is 0 Å². The predicted octanol–water partition coefficient (Wildman–Crippen LogP) is 5.48. The minimum absolute atomic E-state index is 0.370. The van der Waals surface area contributed by atoms with Crippen LogP contribution in [0.3, 0.4) is 0 Å². The maximum Gasteiger partial charge on any atom is 0.129 e. The summed E-state index contributed by atoms with van der Waals surface area (Å²) < 4.78 is 6.04. The molecule has 4 aromatic rings. The van der Waals surface area contributed by atoms with E-state index in [9.17, 15) is 0 Å². The molecule has 0 radical (unpaired) electrons. The molecule has 0 unspecified atom stereocenters. The molecule has 5 heteroatoms. The third-order valence-electron chi connectivity index (χ3n) is 4.27. The lowest BCUT2D eigenvalue weighted by molar-refractivity contribution is 0.484. The van der Waals surface area contributed by atoms with E-state index < -0.39 is 0 Å². The van der Waals surface area contributed by atoms with Crippen molar-refractivity contribution in [1.29, 1.82) is 0 Å². The average molecular weight is 334 g/mol. The second-order valence-corrected chi connectivity index (χ2v) is 7.01. The zero-order valence-corrected chi connectivity index (χ0v) is 14.9. The van der Waals surface area contributed by atoms with E-state index in [4.69, 9.17) is 4.74 Å². The molecule has 4 rings (SSSR count). The summed E-state index contributed by atoms with van der Waals surface area (Å²) in [6.07, 6.45) is 0. The number of hydrogen-bond acceptors (Lipinski definition) is 3. The van der Waals surface area contributed by atoms with Crippen LogP contribution < -0.4 is 4.74 Å². The molecule has 128 valence electrons. The highest BCUT2D eigenvalue weighted by Gasteiger charge is 2.10. The Hall–Kier alpha value is -2.82. The van der Waals surface area contributed by atoms with Gasteiger partial charge >= 0.3 is 0 Å². The Kier molecular flexibility index (Phi) is 3.71. The van der Waals surface area contributed by atoms with E-state index in [-0.39, 0.29) is 0 Å². The van der Waals surface area contributed by atoms with Crippen molar-refractivity contribution in [2.45, 2.75) is 39.5 Å². The summed E-state index contributed by atoms with van der Waals surface area (Å²) in [7, 11) is 0. The van der Waals surface area contributed by atoms with Crippen LogP contribution in [-0.4, -0.2) is 19.9 Å². The number of hydrogen-bond donors (Lipinski definition) is 2. The lowest BCUT2D eigenvalue weighted by atomic mass is 10.2. The first-order valence-corrected chi connectivity index (χ1v) is 8.67. The fraction of sp³-hybridized carbons (Fsp3) is 0.300. The van der Waals surface area contributed by atoms with Gasteiger partial charge in [-0.1, -0.05) is 27.7 Å². The SMILES string of the molecule is CC(C)c1nc2ccc(Oc3ccc4nc(C(C)C)[nH]c4c3)cc2[nH]1. The first-order valence-electron chi connectivity index (χ1n) is 8.67. The van der Waals surface area contributed by atoms with Crippen molar-refractivity contribution < 1.29 is 4.74 Å². The molecule has 0 amide bonds. The Labute approximate surface area is 146 Å². The summed E-state index contributed by atoms with van der Waals surface area (Å²) >= 11 is 0. The minimum Gasteiger partial charge on any atom is -0.457 e. The zero-order chi connectivity index (χ0) is 17.6. The van der Waals surface area contributed by atoms with Gasteiger partial charge in [0.2, 0.25) is 0 Å². The van der Waals surface area contributed by atoms with E-state index >= 15 is 0 Å². The van der Waals surface area contributed by atoms with E-state index in [1.807, 2.05) is 36.4 Å². The Morgan fingerprint density at radius 2 is 1.16 bits per heavy atom. The second-order valence-electron chi connectivity index (χ2n) is 7.01. The Balaban J connectivity index is 1.64. The summed E-state index contributed by atoms with van der Waals surface area (Å²) in [4.78, 5) is 15.9. The Bertz CT molecular complexity index is 958. The van der Waals surface area contributed by atoms with E-state index in [1.165, 1.54) is 0 Å². The molecule has 2 N–H and O–H groups in total. The summed E-state index contributed by atoms with van der Waals surface area (Å²) in [5, 5.41) is 0. The lowest BCUT2D eigenvalue weighted by Gasteiger charge is -2.05. The van der Waals surface area contributed by atoms with Gasteiger partial charge < -0.3 is 14.7 Å². The molecule has 0 aliphatic heterocycles. The molecule has 25 heavy (non-hydrogen) atoms. The van der Waals surface area contributed by atoms with Crippen molar-refractivity contribution in [3.63, 3.8) is 0 Å². The predicted molar refractivity (Wildman–Crippen MR) is 100 cm³/mol. The highest BCUT2D eigenvalue weighted by molar-refractivity contribution is 5.78. The molecule has 0 spiro atoms. The summed E-state index contributed by atoms with van der Waals surface area (Å²) in [5.74, 6) is 4.30. The number of H-pyrrole nitrogens is 2. The van der Waals surface area contributed by atoms with E-state index in [2.05, 4.69) is 47.6 Å². The fourth-order valence-electron chi connectivity index (χ4n) is 2.83. The summed E-state index contributed by atoms with van der Waals surface area (Å²) in [5.41, 5.74) is 3.90. The second kappa shape index (κ2) is 5.92. The first-order chi connectivity index (χ1) is 12.0. The third-order valence-corrected chi connectivity index (χ3v) is 4.27. The number of rotatable bonds is 4. The van der Waals surface area contributed by atoms with Crippen molar-refractivity contribution in [3.8, 4) is 11.5 Å². The third kappa shape index (κ3) is 2.97. The van der Waals surface area contributed by atoms with Crippen molar-refractivity contribution >= 4 is 22.1 Å². The lowest BCUT2D eigenvalue weighted by Crippen LogP contribution is -1.88. The van der Waals surface area contributed by atoms with Crippen molar-refractivity contribution in [3.05, 3.63) is 48.0 Å². The molecule has 0 bridgehead atoms. The van der Waals surface area contributed by atoms with Gasteiger partial charge in [-0.3, -0.25) is 0 Å². The molecule has 0 aliphatic rings. The van der Waals surface area contributed by atoms with Crippen molar-refractivity contribution in [1.82, 2.24) is 19.9 Å². The number of ether oxygens (including phenoxy) is 1. The highest BCUT2D eigenvalue weighted by Crippen LogP contribution is 2.28. The maximum atomic E-state index is 6.04. The van der Waals surface area contributed by atoms with Gasteiger partial charge in [-0.05, 0) is 24.3 Å². The van der Waals surface area contributed by atoms with Gasteiger partial charge in [0.15, 0.2) is 0 Å². The van der Waals surface area contributed by atoms with Gasteiger partial charge in [-0.2, -0.15) is 0 Å². The van der Waals surface area contributed by atoms with Crippen LogP contribution in [0.25, 0.3) is 22.1 Å². The molecule has 2 aromatic heterocycles. The molecule has 0 fully saturated rings. The smallest absolute Gasteiger partial charge is 0.129 e. The summed E-state index contributed by atoms with van der Waals surface area (Å²) in [6, 6.07) is 11.8. The molecule has 0 saturated heterocycles. The van der Waals surface area contributed by atoms with E-state index in [1.54, 1.807) is 0 Å². The number of imidazole rings is 2. The minimum atomic E-state index is 0.370. The Morgan fingerprint density at radius 1 is 0.720 bits per heavy atom. The van der Waals surface area contributed by atoms with Gasteiger partial charge in [0.05, 0.1) is 22.1 Å². The van der Waals surface area contributed by atoms with Crippen LogP contribution in [0.1, 0.15) is 51.2 Å². The molecule has 2 aromatic carbocycles. The fourth-order valence-corrected chi connectivity index (χ4v) is 2.83. The highest BCUT2D eigenvalue weighted by atomic mass is 16.5. The van der Waals surface area contributed by atoms with Gasteiger partial charge in [0, 0.05) is 24.0 Å². The van der Waals surface area contributed by atoms with Crippen LogP contribution in [0.5, 0.6) is 11.5 Å². The average Bonchev–Trinajstić information content (AvgIpc) is 3.17. The molecule has 5 nitrogen and oxygen atoms in total. The quantitative estimate of drug-likeness (QED) is 0.519. The number of aromatic nitrogens is 4. The topological polar surface area (TPSA) is 66.6 Å². The number of benzene rings is 2. The number of nitrogens with one attached hydrogen (secondary N) is 2. The maximum absolute atomic E-state index is 6.04. The largest absolute Gasteiger partial charge is 0.457 e. The molecule has 0 aliphatic carbocycles. The van der Waals surface area contributed by atoms with Crippen molar-refractivity contribution in [2.24, 2.45) is 0 Å². The van der Waals surface area contributed by atoms with Crippen LogP contribution in [0, 0.1) is 0 Å². The van der Waals surface area contributed by atoms with Gasteiger partial charge in [0.1, 0.15) is 23.1 Å². The van der Waals surface area contributed by atoms with Crippen LogP contribution >= 0.6 is 0 Å². The normalized spacial score (nSPS) is 11.9. The standard InChI is InChI=1S/C20H22N4O/c1-11(2)19-21-15-7-5-13(9-17(15)23-19)25-14-6-8-16-18(10-14)24-20(22-16)12(3)4/h5-12H,1-4H3,(H,21,23)(H,22,24). The Morgan fingerprint density at radius 3 is 1.56 bits per heavy atom. The zero-order valence-electron chi connectivity index (χ0n) is 14.9. The molecule has 0 saturated carbocycles.